The van der Waals surface area contributed by atoms with Gasteiger partial charge in [-0.15, -0.1) is 0 Å². The minimum absolute atomic E-state index is 0.00952. The smallest absolute Gasteiger partial charge is 0.387 e. The van der Waals surface area contributed by atoms with Crippen LogP contribution < -0.4 is 10.1 Å². The lowest BCUT2D eigenvalue weighted by Crippen LogP contribution is -2.05. The first-order chi connectivity index (χ1) is 9.56. The van der Waals surface area contributed by atoms with Gasteiger partial charge in [-0.05, 0) is 18.2 Å². The third kappa shape index (κ3) is 3.63. The van der Waals surface area contributed by atoms with Crippen LogP contribution in [0.2, 0.25) is 0 Å². The average Bonchev–Trinajstić information content (AvgIpc) is 2.40. The summed E-state index contributed by atoms with van der Waals surface area (Å²) in [5.41, 5.74) is 0.608. The second-order valence-corrected chi connectivity index (χ2v) is 3.97. The third-order valence-corrected chi connectivity index (χ3v) is 2.57. The van der Waals surface area contributed by atoms with E-state index in [1.165, 1.54) is 30.3 Å². The minimum atomic E-state index is -2.91. The lowest BCUT2D eigenvalue weighted by atomic mass is 10.2. The van der Waals surface area contributed by atoms with Crippen molar-refractivity contribution in [3.8, 4) is 5.75 Å². The van der Waals surface area contributed by atoms with E-state index in [-0.39, 0.29) is 17.9 Å². The molecule has 0 spiro atoms. The number of halogens is 4. The normalized spacial score (nSPS) is 10.7. The number of rotatable bonds is 5. The van der Waals surface area contributed by atoms with Gasteiger partial charge in [-0.25, -0.2) is 8.78 Å². The van der Waals surface area contributed by atoms with Crippen molar-refractivity contribution in [2.24, 2.45) is 0 Å². The number of alkyl halides is 2. The van der Waals surface area contributed by atoms with Crippen LogP contribution in [0.25, 0.3) is 0 Å². The molecule has 106 valence electrons. The molecule has 0 atom stereocenters. The molecule has 2 aromatic carbocycles. The molecule has 2 aromatic rings. The zero-order chi connectivity index (χ0) is 14.5. The molecule has 0 fully saturated rings. The maximum atomic E-state index is 13.4. The highest BCUT2D eigenvalue weighted by Gasteiger charge is 2.08. The summed E-state index contributed by atoms with van der Waals surface area (Å²) in [6.45, 7) is -2.88. The highest BCUT2D eigenvalue weighted by Crippen LogP contribution is 2.20. The first kappa shape index (κ1) is 14.2. The van der Waals surface area contributed by atoms with Crippen LogP contribution >= 0.6 is 0 Å². The zero-order valence-electron chi connectivity index (χ0n) is 10.2. The molecule has 0 amide bonds. The Hall–Kier alpha value is -2.24. The fourth-order valence-electron chi connectivity index (χ4n) is 1.66. The van der Waals surface area contributed by atoms with E-state index in [4.69, 9.17) is 0 Å². The number of benzene rings is 2. The van der Waals surface area contributed by atoms with Crippen molar-refractivity contribution >= 4 is 5.69 Å². The van der Waals surface area contributed by atoms with Gasteiger partial charge in [-0.1, -0.05) is 18.2 Å². The van der Waals surface area contributed by atoms with Crippen molar-refractivity contribution in [1.29, 1.82) is 0 Å². The van der Waals surface area contributed by atoms with E-state index in [9.17, 15) is 17.6 Å². The number of nitrogens with one attached hydrogen (secondary N) is 1. The summed E-state index contributed by atoms with van der Waals surface area (Å²) in [4.78, 5) is 0. The number of ether oxygens (including phenoxy) is 1. The summed E-state index contributed by atoms with van der Waals surface area (Å²) in [5, 5.41) is 2.81. The Labute approximate surface area is 113 Å². The van der Waals surface area contributed by atoms with Crippen LogP contribution in [-0.2, 0) is 6.54 Å². The molecule has 20 heavy (non-hydrogen) atoms. The first-order valence-corrected chi connectivity index (χ1v) is 5.78. The minimum Gasteiger partial charge on any atom is -0.435 e. The second kappa shape index (κ2) is 6.27. The topological polar surface area (TPSA) is 21.3 Å². The van der Waals surface area contributed by atoms with Crippen molar-refractivity contribution in [2.75, 3.05) is 5.32 Å². The third-order valence-electron chi connectivity index (χ3n) is 2.57. The monoisotopic (exact) mass is 285 g/mol. The van der Waals surface area contributed by atoms with E-state index in [2.05, 4.69) is 10.1 Å². The molecule has 1 N–H and O–H groups in total. The van der Waals surface area contributed by atoms with Gasteiger partial charge < -0.3 is 10.1 Å². The molecular weight excluding hydrogens is 274 g/mol. The summed E-state index contributed by atoms with van der Waals surface area (Å²) < 4.78 is 54.8. The molecule has 0 radical (unpaired) electrons. The lowest BCUT2D eigenvalue weighted by molar-refractivity contribution is -0.0498. The quantitative estimate of drug-likeness (QED) is 0.832. The van der Waals surface area contributed by atoms with E-state index in [0.717, 1.165) is 6.07 Å². The number of anilines is 1. The second-order valence-electron chi connectivity index (χ2n) is 3.97. The zero-order valence-corrected chi connectivity index (χ0v) is 10.2. The molecule has 0 aliphatic rings. The van der Waals surface area contributed by atoms with Crippen molar-refractivity contribution in [2.45, 2.75) is 13.2 Å². The van der Waals surface area contributed by atoms with E-state index in [1.54, 1.807) is 6.07 Å². The van der Waals surface area contributed by atoms with Gasteiger partial charge in [0, 0.05) is 23.9 Å². The molecule has 6 heteroatoms. The molecule has 0 aromatic heterocycles. The predicted molar refractivity (Wildman–Crippen MR) is 66.8 cm³/mol. The molecule has 0 heterocycles. The molecule has 0 aliphatic carbocycles. The van der Waals surface area contributed by atoms with E-state index >= 15 is 0 Å². The molecule has 0 bridgehead atoms. The highest BCUT2D eigenvalue weighted by molar-refractivity contribution is 5.48. The molecule has 0 unspecified atom stereocenters. The number of hydrogen-bond acceptors (Lipinski definition) is 2. The standard InChI is InChI=1S/C14H11F4NO/c15-12-6-1-3-9(13(12)16)8-19-10-4-2-5-11(7-10)20-14(17)18/h1-7,14,19H,8H2. The van der Waals surface area contributed by atoms with Gasteiger partial charge in [0.2, 0.25) is 0 Å². The van der Waals surface area contributed by atoms with Gasteiger partial charge >= 0.3 is 6.61 Å². The average molecular weight is 285 g/mol. The SMILES string of the molecule is Fc1cccc(CNc2cccc(OC(F)F)c2)c1F. The Bertz CT molecular complexity index is 589. The lowest BCUT2D eigenvalue weighted by Gasteiger charge is -2.10. The summed E-state index contributed by atoms with van der Waals surface area (Å²) in [6, 6.07) is 9.70. The van der Waals surface area contributed by atoms with Crippen molar-refractivity contribution in [1.82, 2.24) is 0 Å². The largest absolute Gasteiger partial charge is 0.435 e. The van der Waals surface area contributed by atoms with Gasteiger partial charge in [-0.3, -0.25) is 0 Å². The Morgan fingerprint density at radius 2 is 1.80 bits per heavy atom. The van der Waals surface area contributed by atoms with Crippen LogP contribution in [0.3, 0.4) is 0 Å². The van der Waals surface area contributed by atoms with Crippen molar-refractivity contribution in [3.63, 3.8) is 0 Å². The van der Waals surface area contributed by atoms with Gasteiger partial charge in [0.25, 0.3) is 0 Å². The fraction of sp³-hybridized carbons (Fsp3) is 0.143. The van der Waals surface area contributed by atoms with E-state index in [1.807, 2.05) is 0 Å². The molecular formula is C14H11F4NO. The van der Waals surface area contributed by atoms with Gasteiger partial charge in [0.1, 0.15) is 5.75 Å². The maximum Gasteiger partial charge on any atom is 0.387 e. The fourth-order valence-corrected chi connectivity index (χ4v) is 1.66. The van der Waals surface area contributed by atoms with Crippen LogP contribution in [0.1, 0.15) is 5.56 Å². The van der Waals surface area contributed by atoms with Gasteiger partial charge in [0.05, 0.1) is 0 Å². The van der Waals surface area contributed by atoms with Crippen molar-refractivity contribution < 1.29 is 22.3 Å². The summed E-state index contributed by atoms with van der Waals surface area (Å²) in [5.74, 6) is -1.87. The predicted octanol–water partition coefficient (Wildman–Crippen LogP) is 4.18. The van der Waals surface area contributed by atoms with Crippen LogP contribution in [0.15, 0.2) is 42.5 Å². The summed E-state index contributed by atoms with van der Waals surface area (Å²) >= 11 is 0. The van der Waals surface area contributed by atoms with Gasteiger partial charge in [0.15, 0.2) is 11.6 Å². The van der Waals surface area contributed by atoms with Crippen LogP contribution in [0, 0.1) is 11.6 Å². The Morgan fingerprint density at radius 1 is 1.05 bits per heavy atom. The molecule has 2 rings (SSSR count). The highest BCUT2D eigenvalue weighted by atomic mass is 19.3. The van der Waals surface area contributed by atoms with Gasteiger partial charge in [-0.2, -0.15) is 8.78 Å². The van der Waals surface area contributed by atoms with E-state index < -0.39 is 18.2 Å². The Kier molecular flexibility index (Phi) is 4.45. The Morgan fingerprint density at radius 3 is 2.55 bits per heavy atom. The Balaban J connectivity index is 2.05. The summed E-state index contributed by atoms with van der Waals surface area (Å²) in [6.07, 6.45) is 0. The van der Waals surface area contributed by atoms with Crippen LogP contribution in [0.5, 0.6) is 5.75 Å². The first-order valence-electron chi connectivity index (χ1n) is 5.78. The molecule has 0 saturated heterocycles. The molecule has 0 saturated carbocycles. The van der Waals surface area contributed by atoms with Crippen LogP contribution in [-0.4, -0.2) is 6.61 Å². The van der Waals surface area contributed by atoms with Crippen LogP contribution in [0.4, 0.5) is 23.2 Å². The van der Waals surface area contributed by atoms with Crippen molar-refractivity contribution in [3.05, 3.63) is 59.7 Å². The summed E-state index contributed by atoms with van der Waals surface area (Å²) in [7, 11) is 0. The van der Waals surface area contributed by atoms with E-state index in [0.29, 0.717) is 5.69 Å². The molecule has 0 aliphatic heterocycles. The molecule has 2 nitrogen and oxygen atoms in total. The number of hydrogen-bond donors (Lipinski definition) is 1. The maximum absolute atomic E-state index is 13.4.